The Bertz CT molecular complexity index is 581. The molecule has 1 aromatic rings. The Morgan fingerprint density at radius 1 is 1.16 bits per heavy atom. The van der Waals surface area contributed by atoms with Crippen molar-refractivity contribution >= 4 is 30.0 Å². The van der Waals surface area contributed by atoms with Crippen molar-refractivity contribution in [2.24, 2.45) is 5.92 Å². The van der Waals surface area contributed by atoms with Gasteiger partial charge in [0.15, 0.2) is 0 Å². The molecule has 1 aliphatic heterocycles. The van der Waals surface area contributed by atoms with Crippen LogP contribution >= 0.6 is 30.0 Å². The Kier molecular flexibility index (Phi) is 7.38. The maximum atomic E-state index is 12.6. The largest absolute Gasteiger partial charge is 0.375 e. The van der Waals surface area contributed by atoms with Gasteiger partial charge in [0, 0.05) is 22.3 Å². The molecule has 3 atom stereocenters. The van der Waals surface area contributed by atoms with E-state index in [0.717, 1.165) is 19.3 Å². The molecule has 1 saturated carbocycles. The number of morpholine rings is 1. The third-order valence-corrected chi connectivity index (χ3v) is 8.10. The summed E-state index contributed by atoms with van der Waals surface area (Å²) in [7, 11) is -3.09. The quantitative estimate of drug-likeness (QED) is 0.480. The molecule has 2 aliphatic rings. The summed E-state index contributed by atoms with van der Waals surface area (Å²) in [5, 5.41) is 3.50. The number of hydrogen-bond acceptors (Lipinski definition) is 3. The number of benzene rings is 1. The fourth-order valence-electron chi connectivity index (χ4n) is 3.99. The molecule has 0 amide bonds. The van der Waals surface area contributed by atoms with Gasteiger partial charge < -0.3 is 14.9 Å². The smallest absolute Gasteiger partial charge is 0.203 e. The summed E-state index contributed by atoms with van der Waals surface area (Å²) in [4.78, 5) is 10.4. The summed E-state index contributed by atoms with van der Waals surface area (Å²) in [5.74, 6) is 0.440. The molecule has 1 heterocycles. The molecule has 3 rings (SSSR count). The second-order valence-electron chi connectivity index (χ2n) is 7.61. The van der Waals surface area contributed by atoms with E-state index in [1.54, 1.807) is 0 Å². The van der Waals surface area contributed by atoms with Gasteiger partial charge in [-0.2, -0.15) is 0 Å². The second kappa shape index (κ2) is 9.32. The lowest BCUT2D eigenvalue weighted by Crippen LogP contribution is -2.48. The molecule has 4 nitrogen and oxygen atoms in total. The van der Waals surface area contributed by atoms with Crippen LogP contribution in [-0.2, 0) is 15.7 Å². The number of nitrogens with one attached hydrogen (secondary N) is 1. The molecular weight excluding hydrogens is 448 g/mol. The highest BCUT2D eigenvalue weighted by molar-refractivity contribution is 14.1. The maximum Gasteiger partial charge on any atom is 0.203 e. The van der Waals surface area contributed by atoms with Gasteiger partial charge in [0.25, 0.3) is 0 Å². The van der Waals surface area contributed by atoms with Crippen LogP contribution in [0.5, 0.6) is 0 Å². The van der Waals surface area contributed by atoms with Crippen LogP contribution in [0.4, 0.5) is 0 Å². The molecule has 25 heavy (non-hydrogen) atoms. The molecule has 1 aliphatic carbocycles. The summed E-state index contributed by atoms with van der Waals surface area (Å²) < 4.78 is 19.8. The lowest BCUT2D eigenvalue weighted by atomic mass is 9.91. The summed E-state index contributed by atoms with van der Waals surface area (Å²) in [5.41, 5.74) is 1.30. The SMILES string of the molecule is O=P(O)(CC1CCCCC1)C[C@H]1CN[C@@H](Cc2ccc(I)cc2)CO1. The monoisotopic (exact) mass is 477 g/mol. The molecule has 6 heteroatoms. The van der Waals surface area contributed by atoms with Gasteiger partial charge in [-0.25, -0.2) is 0 Å². The van der Waals surface area contributed by atoms with Crippen LogP contribution in [0.25, 0.3) is 0 Å². The highest BCUT2D eigenvalue weighted by Crippen LogP contribution is 2.46. The molecule has 0 aromatic heterocycles. The minimum absolute atomic E-state index is 0.132. The summed E-state index contributed by atoms with van der Waals surface area (Å²) in [6, 6.07) is 8.84. The van der Waals surface area contributed by atoms with Gasteiger partial charge in [0.1, 0.15) is 0 Å². The van der Waals surface area contributed by atoms with E-state index in [9.17, 15) is 9.46 Å². The van der Waals surface area contributed by atoms with Gasteiger partial charge in [0.2, 0.25) is 7.37 Å². The number of hydrogen-bond donors (Lipinski definition) is 2. The van der Waals surface area contributed by atoms with Crippen LogP contribution in [0.3, 0.4) is 0 Å². The second-order valence-corrected chi connectivity index (χ2v) is 11.3. The van der Waals surface area contributed by atoms with Crippen molar-refractivity contribution < 1.29 is 14.2 Å². The van der Waals surface area contributed by atoms with E-state index >= 15 is 0 Å². The molecule has 2 N–H and O–H groups in total. The van der Waals surface area contributed by atoms with E-state index in [4.69, 9.17) is 4.74 Å². The minimum atomic E-state index is -3.09. The lowest BCUT2D eigenvalue weighted by molar-refractivity contribution is 0.0162. The molecule has 1 aromatic carbocycles. The average molecular weight is 477 g/mol. The minimum Gasteiger partial charge on any atom is -0.375 e. The van der Waals surface area contributed by atoms with Gasteiger partial charge in [-0.15, -0.1) is 0 Å². The average Bonchev–Trinajstić information content (AvgIpc) is 2.59. The zero-order valence-electron chi connectivity index (χ0n) is 14.7. The standard InChI is InChI=1S/C19H29INO3P/c20-17-8-6-15(7-9-17)10-18-12-24-19(11-21-18)14-25(22,23)13-16-4-2-1-3-5-16/h6-9,16,18-19,21H,1-5,10-14H2,(H,22,23)/t18-,19+/m0/s1. The van der Waals surface area contributed by atoms with Crippen LogP contribution in [0.15, 0.2) is 24.3 Å². The van der Waals surface area contributed by atoms with Crippen molar-refractivity contribution in [3.63, 3.8) is 0 Å². The highest BCUT2D eigenvalue weighted by Gasteiger charge is 2.31. The summed E-state index contributed by atoms with van der Waals surface area (Å²) >= 11 is 2.31. The van der Waals surface area contributed by atoms with E-state index < -0.39 is 7.37 Å². The molecule has 140 valence electrons. The zero-order chi connectivity index (χ0) is 17.7. The van der Waals surface area contributed by atoms with Crippen LogP contribution in [0.2, 0.25) is 0 Å². The van der Waals surface area contributed by atoms with E-state index in [0.29, 0.717) is 31.4 Å². The Labute approximate surface area is 164 Å². The molecule has 2 fully saturated rings. The van der Waals surface area contributed by atoms with Gasteiger partial charge in [0.05, 0.1) is 18.9 Å². The summed E-state index contributed by atoms with van der Waals surface area (Å²) in [6.07, 6.45) is 7.53. The van der Waals surface area contributed by atoms with Gasteiger partial charge in [-0.3, -0.25) is 4.57 Å². The molecule has 0 bridgehead atoms. The van der Waals surface area contributed by atoms with Gasteiger partial charge in [-0.1, -0.05) is 31.4 Å². The number of halogens is 1. The molecular formula is C19H29INO3P. The molecule has 0 spiro atoms. The van der Waals surface area contributed by atoms with Crippen molar-refractivity contribution in [1.29, 1.82) is 0 Å². The Morgan fingerprint density at radius 3 is 2.52 bits per heavy atom. The first-order chi connectivity index (χ1) is 12.0. The topological polar surface area (TPSA) is 58.6 Å². The predicted octanol–water partition coefficient (Wildman–Crippen LogP) is 4.04. The molecule has 1 unspecified atom stereocenters. The Hall–Kier alpha value is 0.0600. The lowest BCUT2D eigenvalue weighted by Gasteiger charge is -2.32. The van der Waals surface area contributed by atoms with E-state index in [2.05, 4.69) is 52.2 Å². The van der Waals surface area contributed by atoms with Crippen LogP contribution in [-0.4, -0.2) is 42.5 Å². The number of rotatable bonds is 6. The Morgan fingerprint density at radius 2 is 1.88 bits per heavy atom. The first-order valence-electron chi connectivity index (χ1n) is 9.40. The van der Waals surface area contributed by atoms with Gasteiger partial charge >= 0.3 is 0 Å². The normalized spacial score (nSPS) is 27.8. The van der Waals surface area contributed by atoms with E-state index in [1.165, 1.54) is 28.4 Å². The first-order valence-corrected chi connectivity index (χ1v) is 12.5. The van der Waals surface area contributed by atoms with E-state index in [1.807, 2.05) is 0 Å². The van der Waals surface area contributed by atoms with Crippen LogP contribution in [0, 0.1) is 9.49 Å². The maximum absolute atomic E-state index is 12.6. The summed E-state index contributed by atoms with van der Waals surface area (Å²) in [6.45, 7) is 1.28. The third kappa shape index (κ3) is 6.62. The van der Waals surface area contributed by atoms with E-state index in [-0.39, 0.29) is 12.1 Å². The fraction of sp³-hybridized carbons (Fsp3) is 0.684. The van der Waals surface area contributed by atoms with Gasteiger partial charge in [-0.05, 0) is 65.5 Å². The predicted molar refractivity (Wildman–Crippen MR) is 111 cm³/mol. The Balaban J connectivity index is 1.42. The van der Waals surface area contributed by atoms with Crippen molar-refractivity contribution in [2.75, 3.05) is 25.5 Å². The van der Waals surface area contributed by atoms with Crippen molar-refractivity contribution in [3.05, 3.63) is 33.4 Å². The first kappa shape index (κ1) is 19.8. The molecule has 0 radical (unpaired) electrons. The number of ether oxygens (including phenoxy) is 1. The fourth-order valence-corrected chi connectivity index (χ4v) is 6.54. The third-order valence-electron chi connectivity index (χ3n) is 5.32. The highest BCUT2D eigenvalue weighted by atomic mass is 127. The van der Waals surface area contributed by atoms with Crippen molar-refractivity contribution in [1.82, 2.24) is 5.32 Å². The van der Waals surface area contributed by atoms with Crippen molar-refractivity contribution in [2.45, 2.75) is 50.7 Å². The van der Waals surface area contributed by atoms with Crippen LogP contribution in [0.1, 0.15) is 37.7 Å². The molecule has 1 saturated heterocycles. The van der Waals surface area contributed by atoms with Crippen LogP contribution < -0.4 is 5.32 Å². The zero-order valence-corrected chi connectivity index (χ0v) is 17.8. The van der Waals surface area contributed by atoms with Crippen molar-refractivity contribution in [3.8, 4) is 0 Å².